The van der Waals surface area contributed by atoms with Gasteiger partial charge in [0.15, 0.2) is 0 Å². The number of hydrogen-bond donors (Lipinski definition) is 2. The largest absolute Gasteiger partial charge is 0.324 e. The maximum atomic E-state index is 5.34. The summed E-state index contributed by atoms with van der Waals surface area (Å²) in [6.45, 7) is 4.30. The molecular formula is C9H16N2. The third-order valence-corrected chi connectivity index (χ3v) is 1.74. The van der Waals surface area contributed by atoms with Gasteiger partial charge in [-0.3, -0.25) is 5.84 Å². The van der Waals surface area contributed by atoms with Gasteiger partial charge < -0.3 is 5.43 Å². The fraction of sp³-hybridized carbons (Fsp3) is 0.333. The fourth-order valence-electron chi connectivity index (χ4n) is 1.13. The molecule has 0 atom stereocenters. The zero-order valence-corrected chi connectivity index (χ0v) is 6.96. The molecule has 0 heterocycles. The summed E-state index contributed by atoms with van der Waals surface area (Å²) in [6.07, 6.45) is 0. The Labute approximate surface area is 68.9 Å². The summed E-state index contributed by atoms with van der Waals surface area (Å²) < 4.78 is 0. The second-order valence-corrected chi connectivity index (χ2v) is 2.89. The Balaban J connectivity index is 0.00000121. The van der Waals surface area contributed by atoms with E-state index in [2.05, 4.69) is 25.3 Å². The minimum Gasteiger partial charge on any atom is -0.324 e. The minimum atomic E-state index is 0. The van der Waals surface area contributed by atoms with Crippen LogP contribution in [0.1, 0.15) is 26.8 Å². The van der Waals surface area contributed by atoms with Crippen LogP contribution in [0.25, 0.3) is 0 Å². The molecule has 0 saturated heterocycles. The van der Waals surface area contributed by atoms with Crippen molar-refractivity contribution in [1.29, 1.82) is 0 Å². The van der Waals surface area contributed by atoms with Crippen LogP contribution in [0.15, 0.2) is 24.3 Å². The van der Waals surface area contributed by atoms with Crippen LogP contribution in [0.5, 0.6) is 0 Å². The van der Waals surface area contributed by atoms with Crippen LogP contribution in [0.2, 0.25) is 0 Å². The Kier molecular flexibility index (Phi) is 2.49. The van der Waals surface area contributed by atoms with Gasteiger partial charge in [-0.15, -0.1) is 0 Å². The van der Waals surface area contributed by atoms with Crippen LogP contribution in [-0.4, -0.2) is 0 Å². The van der Waals surface area contributed by atoms with Crippen molar-refractivity contribution >= 4 is 5.69 Å². The Bertz CT molecular complexity index is 236. The van der Waals surface area contributed by atoms with Crippen molar-refractivity contribution in [3.05, 3.63) is 29.8 Å². The van der Waals surface area contributed by atoms with Gasteiger partial charge in [0.25, 0.3) is 0 Å². The number of nitrogen functional groups attached to an aromatic ring is 1. The highest BCUT2D eigenvalue weighted by molar-refractivity contribution is 5.51. The SMILES string of the molecule is CC(C)c1ccccc1NN.[HH]. The fourth-order valence-corrected chi connectivity index (χ4v) is 1.13. The van der Waals surface area contributed by atoms with Crippen molar-refractivity contribution in [1.82, 2.24) is 0 Å². The first-order valence-electron chi connectivity index (χ1n) is 3.81. The second kappa shape index (κ2) is 3.39. The molecule has 0 saturated carbocycles. The van der Waals surface area contributed by atoms with Crippen LogP contribution < -0.4 is 11.3 Å². The summed E-state index contributed by atoms with van der Waals surface area (Å²) in [5, 5.41) is 0. The van der Waals surface area contributed by atoms with Gasteiger partial charge in [0, 0.05) is 1.43 Å². The molecule has 0 aliphatic carbocycles. The standard InChI is InChI=1S/C9H14N2.H2/c1-7(2)8-5-3-4-6-9(8)11-10;/h3-7,11H,10H2,1-2H3;1H. The highest BCUT2D eigenvalue weighted by Gasteiger charge is 2.02. The molecule has 0 amide bonds. The molecule has 2 heteroatoms. The molecule has 62 valence electrons. The number of nitrogens with one attached hydrogen (secondary N) is 1. The Hall–Kier alpha value is -1.02. The molecule has 1 aromatic carbocycles. The maximum absolute atomic E-state index is 5.34. The first kappa shape index (κ1) is 8.08. The molecule has 1 aromatic rings. The lowest BCUT2D eigenvalue weighted by atomic mass is 10.0. The van der Waals surface area contributed by atoms with Crippen molar-refractivity contribution in [3.63, 3.8) is 0 Å². The monoisotopic (exact) mass is 152 g/mol. The molecule has 11 heavy (non-hydrogen) atoms. The highest BCUT2D eigenvalue weighted by atomic mass is 15.2. The van der Waals surface area contributed by atoms with Gasteiger partial charge in [-0.2, -0.15) is 0 Å². The quantitative estimate of drug-likeness (QED) is 0.504. The van der Waals surface area contributed by atoms with Crippen molar-refractivity contribution in [2.45, 2.75) is 19.8 Å². The molecule has 0 fully saturated rings. The van der Waals surface area contributed by atoms with E-state index in [0.29, 0.717) is 5.92 Å². The van der Waals surface area contributed by atoms with Crippen molar-refractivity contribution < 1.29 is 1.43 Å². The molecule has 0 spiro atoms. The average molecular weight is 152 g/mol. The summed E-state index contributed by atoms with van der Waals surface area (Å²) in [6, 6.07) is 8.06. The molecule has 0 aromatic heterocycles. The zero-order valence-electron chi connectivity index (χ0n) is 6.96. The zero-order chi connectivity index (χ0) is 8.27. The summed E-state index contributed by atoms with van der Waals surface area (Å²) in [5.41, 5.74) is 4.95. The number of anilines is 1. The average Bonchev–Trinajstić information content (AvgIpc) is 2.04. The van der Waals surface area contributed by atoms with Gasteiger partial charge in [0.05, 0.1) is 5.69 Å². The van der Waals surface area contributed by atoms with Gasteiger partial charge in [0.1, 0.15) is 0 Å². The number of hydrazine groups is 1. The van der Waals surface area contributed by atoms with E-state index >= 15 is 0 Å². The topological polar surface area (TPSA) is 38.0 Å². The molecule has 0 aliphatic heterocycles. The van der Waals surface area contributed by atoms with E-state index < -0.39 is 0 Å². The number of benzene rings is 1. The van der Waals surface area contributed by atoms with Gasteiger partial charge in [-0.1, -0.05) is 32.0 Å². The predicted octanol–water partition coefficient (Wildman–Crippen LogP) is 2.34. The Morgan fingerprint density at radius 1 is 1.36 bits per heavy atom. The second-order valence-electron chi connectivity index (χ2n) is 2.89. The summed E-state index contributed by atoms with van der Waals surface area (Å²) in [4.78, 5) is 0. The van der Waals surface area contributed by atoms with E-state index in [1.807, 2.05) is 18.2 Å². The van der Waals surface area contributed by atoms with Crippen LogP contribution in [0.3, 0.4) is 0 Å². The summed E-state index contributed by atoms with van der Waals surface area (Å²) in [5.74, 6) is 5.85. The van der Waals surface area contributed by atoms with Crippen molar-refractivity contribution in [2.24, 2.45) is 5.84 Å². The smallest absolute Gasteiger partial charge is 0.0519 e. The molecule has 0 radical (unpaired) electrons. The van der Waals surface area contributed by atoms with Crippen molar-refractivity contribution in [3.8, 4) is 0 Å². The van der Waals surface area contributed by atoms with E-state index in [0.717, 1.165) is 5.69 Å². The minimum absolute atomic E-state index is 0. The number of para-hydroxylation sites is 1. The molecule has 0 unspecified atom stereocenters. The lowest BCUT2D eigenvalue weighted by Crippen LogP contribution is -2.09. The lowest BCUT2D eigenvalue weighted by Gasteiger charge is -2.10. The van der Waals surface area contributed by atoms with E-state index in [9.17, 15) is 0 Å². The molecule has 0 aliphatic rings. The van der Waals surface area contributed by atoms with E-state index in [1.54, 1.807) is 0 Å². The first-order chi connectivity index (χ1) is 5.25. The normalized spacial score (nSPS) is 10.2. The predicted molar refractivity (Wildman–Crippen MR) is 50.5 cm³/mol. The lowest BCUT2D eigenvalue weighted by molar-refractivity contribution is 0.867. The van der Waals surface area contributed by atoms with Crippen LogP contribution in [-0.2, 0) is 0 Å². The first-order valence-corrected chi connectivity index (χ1v) is 3.81. The van der Waals surface area contributed by atoms with E-state index in [-0.39, 0.29) is 1.43 Å². The maximum Gasteiger partial charge on any atom is 0.0519 e. The van der Waals surface area contributed by atoms with Crippen molar-refractivity contribution in [2.75, 3.05) is 5.43 Å². The van der Waals surface area contributed by atoms with Gasteiger partial charge in [-0.25, -0.2) is 0 Å². The van der Waals surface area contributed by atoms with Crippen LogP contribution in [0, 0.1) is 0 Å². The number of hydrogen-bond acceptors (Lipinski definition) is 2. The summed E-state index contributed by atoms with van der Waals surface area (Å²) in [7, 11) is 0. The summed E-state index contributed by atoms with van der Waals surface area (Å²) >= 11 is 0. The van der Waals surface area contributed by atoms with E-state index in [4.69, 9.17) is 5.84 Å². The molecule has 2 nitrogen and oxygen atoms in total. The van der Waals surface area contributed by atoms with Gasteiger partial charge >= 0.3 is 0 Å². The highest BCUT2D eigenvalue weighted by Crippen LogP contribution is 2.22. The molecular weight excluding hydrogens is 136 g/mol. The molecule has 3 N–H and O–H groups in total. The third-order valence-electron chi connectivity index (χ3n) is 1.74. The molecule has 1 rings (SSSR count). The number of nitrogens with two attached hydrogens (primary N) is 1. The van der Waals surface area contributed by atoms with Crippen LogP contribution in [0.4, 0.5) is 5.69 Å². The number of rotatable bonds is 2. The van der Waals surface area contributed by atoms with Gasteiger partial charge in [0.2, 0.25) is 0 Å². The molecule has 0 bridgehead atoms. The van der Waals surface area contributed by atoms with Crippen LogP contribution >= 0.6 is 0 Å². The van der Waals surface area contributed by atoms with E-state index in [1.165, 1.54) is 5.56 Å². The third kappa shape index (κ3) is 1.71. The Morgan fingerprint density at radius 2 is 2.00 bits per heavy atom. The van der Waals surface area contributed by atoms with Gasteiger partial charge in [-0.05, 0) is 17.5 Å². The Morgan fingerprint density at radius 3 is 2.45 bits per heavy atom.